The van der Waals surface area contributed by atoms with E-state index >= 15 is 0 Å². The molecular weight excluding hydrogens is 422 g/mol. The highest BCUT2D eigenvalue weighted by Crippen LogP contribution is 2.45. The van der Waals surface area contributed by atoms with Gasteiger partial charge in [-0.2, -0.15) is 0 Å². The quantitative estimate of drug-likeness (QED) is 0.691. The molecule has 0 saturated carbocycles. The Bertz CT molecular complexity index is 1040. The number of fused-ring (bicyclic) bond motifs is 2. The number of nitrogens with zero attached hydrogens (tertiary/aromatic N) is 3. The molecule has 5 saturated heterocycles. The summed E-state index contributed by atoms with van der Waals surface area (Å²) in [5.74, 6) is 0.592. The van der Waals surface area contributed by atoms with Crippen molar-refractivity contribution in [3.8, 4) is 10.4 Å². The molecular formula is C25H29N3O3S. The van der Waals surface area contributed by atoms with Crippen molar-refractivity contribution < 1.29 is 14.3 Å². The van der Waals surface area contributed by atoms with Gasteiger partial charge in [0.15, 0.2) is 0 Å². The van der Waals surface area contributed by atoms with Gasteiger partial charge in [-0.1, -0.05) is 12.1 Å². The zero-order chi connectivity index (χ0) is 21.7. The van der Waals surface area contributed by atoms with Gasteiger partial charge in [-0.05, 0) is 75.0 Å². The van der Waals surface area contributed by atoms with E-state index in [1.807, 2.05) is 40.1 Å². The van der Waals surface area contributed by atoms with E-state index in [0.29, 0.717) is 12.5 Å². The van der Waals surface area contributed by atoms with Crippen LogP contribution < -0.4 is 4.90 Å². The van der Waals surface area contributed by atoms with Crippen molar-refractivity contribution in [2.24, 2.45) is 5.92 Å². The van der Waals surface area contributed by atoms with E-state index in [4.69, 9.17) is 4.74 Å². The third-order valence-electron chi connectivity index (χ3n) is 7.65. The maximum absolute atomic E-state index is 12.9. The predicted molar refractivity (Wildman–Crippen MR) is 125 cm³/mol. The number of benzene rings is 1. The summed E-state index contributed by atoms with van der Waals surface area (Å²) in [4.78, 5) is 33.0. The van der Waals surface area contributed by atoms with E-state index in [1.165, 1.54) is 6.42 Å². The van der Waals surface area contributed by atoms with E-state index in [9.17, 15) is 9.59 Å². The predicted octanol–water partition coefficient (Wildman–Crippen LogP) is 4.46. The zero-order valence-corrected chi connectivity index (χ0v) is 19.1. The average Bonchev–Trinajstić information content (AvgIpc) is 3.45. The lowest BCUT2D eigenvalue weighted by Gasteiger charge is -2.49. The molecule has 2 amide bonds. The van der Waals surface area contributed by atoms with Crippen LogP contribution >= 0.6 is 11.3 Å². The normalized spacial score (nSPS) is 29.6. The number of piperidine rings is 4. The lowest BCUT2D eigenvalue weighted by Crippen LogP contribution is -2.61. The first-order valence-electron chi connectivity index (χ1n) is 11.8. The number of rotatable bonds is 3. The number of ether oxygens (including phenoxy) is 1. The van der Waals surface area contributed by atoms with Crippen molar-refractivity contribution in [1.82, 2.24) is 9.80 Å². The summed E-state index contributed by atoms with van der Waals surface area (Å²) in [6.45, 7) is 5.45. The van der Waals surface area contributed by atoms with Crippen LogP contribution in [0.3, 0.4) is 0 Å². The lowest BCUT2D eigenvalue weighted by atomic mass is 9.75. The molecule has 0 aliphatic carbocycles. The SMILES string of the molecule is O=C(c1cccc(-c2ccc(N3C[C@]4(CN5CCC4CC5)OC3=O)s2)c1)N1CCCCC1. The Hall–Kier alpha value is -2.38. The molecule has 168 valence electrons. The average molecular weight is 452 g/mol. The number of carbonyl (C=O) groups excluding carboxylic acids is 2. The van der Waals surface area contributed by atoms with E-state index in [0.717, 1.165) is 79.4 Å². The second-order valence-corrected chi connectivity index (χ2v) is 10.7. The van der Waals surface area contributed by atoms with Crippen molar-refractivity contribution in [3.05, 3.63) is 42.0 Å². The second kappa shape index (κ2) is 7.89. The molecule has 5 aliphatic rings. The fraction of sp³-hybridized carbons (Fsp3) is 0.520. The minimum Gasteiger partial charge on any atom is -0.439 e. The maximum atomic E-state index is 12.9. The Labute approximate surface area is 192 Å². The number of anilines is 1. The first-order valence-corrected chi connectivity index (χ1v) is 12.7. The van der Waals surface area contributed by atoms with Crippen LogP contribution in [0, 0.1) is 5.92 Å². The summed E-state index contributed by atoms with van der Waals surface area (Å²) < 4.78 is 6.03. The number of amides is 2. The lowest BCUT2D eigenvalue weighted by molar-refractivity contribution is -0.0881. The van der Waals surface area contributed by atoms with Crippen LogP contribution in [0.1, 0.15) is 42.5 Å². The molecule has 1 aromatic heterocycles. The van der Waals surface area contributed by atoms with E-state index in [1.54, 1.807) is 11.3 Å². The molecule has 5 fully saturated rings. The molecule has 0 radical (unpaired) electrons. The van der Waals surface area contributed by atoms with E-state index in [2.05, 4.69) is 11.0 Å². The number of carbonyl (C=O) groups is 2. The van der Waals surface area contributed by atoms with Crippen LogP contribution in [0.2, 0.25) is 0 Å². The summed E-state index contributed by atoms with van der Waals surface area (Å²) in [6.07, 6.45) is 5.41. The Kier molecular flexibility index (Phi) is 4.99. The molecule has 7 rings (SSSR count). The van der Waals surface area contributed by atoms with Gasteiger partial charge < -0.3 is 9.64 Å². The van der Waals surface area contributed by atoms with Crippen molar-refractivity contribution >= 4 is 28.3 Å². The maximum Gasteiger partial charge on any atom is 0.415 e. The largest absolute Gasteiger partial charge is 0.439 e. The zero-order valence-electron chi connectivity index (χ0n) is 18.3. The van der Waals surface area contributed by atoms with Gasteiger partial charge in [-0.3, -0.25) is 14.6 Å². The highest BCUT2D eigenvalue weighted by Gasteiger charge is 2.55. The summed E-state index contributed by atoms with van der Waals surface area (Å²) in [6, 6.07) is 12.0. The highest BCUT2D eigenvalue weighted by molar-refractivity contribution is 7.19. The van der Waals surface area contributed by atoms with Crippen LogP contribution in [0.4, 0.5) is 9.80 Å². The van der Waals surface area contributed by atoms with E-state index < -0.39 is 0 Å². The Morgan fingerprint density at radius 1 is 1.00 bits per heavy atom. The van der Waals surface area contributed by atoms with Crippen molar-refractivity contribution in [2.45, 2.75) is 37.7 Å². The molecule has 5 aliphatic heterocycles. The third kappa shape index (κ3) is 3.42. The summed E-state index contributed by atoms with van der Waals surface area (Å²) in [7, 11) is 0. The number of thiophene rings is 1. The first kappa shape index (κ1) is 20.2. The van der Waals surface area contributed by atoms with Crippen LogP contribution in [0.15, 0.2) is 36.4 Å². The van der Waals surface area contributed by atoms with Crippen LogP contribution in [0.5, 0.6) is 0 Å². The number of likely N-dealkylation sites (tertiary alicyclic amines) is 1. The Balaban J connectivity index is 1.22. The van der Waals surface area contributed by atoms with Gasteiger partial charge in [-0.15, -0.1) is 11.3 Å². The highest BCUT2D eigenvalue weighted by atomic mass is 32.1. The molecule has 0 unspecified atom stereocenters. The monoisotopic (exact) mass is 451 g/mol. The summed E-state index contributed by atoms with van der Waals surface area (Å²) in [5.41, 5.74) is 1.42. The van der Waals surface area contributed by atoms with Gasteiger partial charge >= 0.3 is 6.09 Å². The van der Waals surface area contributed by atoms with Crippen molar-refractivity contribution in [3.63, 3.8) is 0 Å². The van der Waals surface area contributed by atoms with Gasteiger partial charge in [0.25, 0.3) is 5.91 Å². The third-order valence-corrected chi connectivity index (χ3v) is 8.81. The molecule has 32 heavy (non-hydrogen) atoms. The smallest absolute Gasteiger partial charge is 0.415 e. The minimum absolute atomic E-state index is 0.121. The second-order valence-electron chi connectivity index (χ2n) is 9.64. The number of hydrogen-bond acceptors (Lipinski definition) is 5. The molecule has 1 spiro atoms. The fourth-order valence-corrected chi connectivity index (χ4v) is 6.89. The molecule has 6 nitrogen and oxygen atoms in total. The van der Waals surface area contributed by atoms with Crippen LogP contribution in [0.25, 0.3) is 10.4 Å². The molecule has 1 atom stereocenters. The summed E-state index contributed by atoms with van der Waals surface area (Å²) in [5, 5.41) is 0.922. The number of hydrogen-bond donors (Lipinski definition) is 0. The molecule has 6 heterocycles. The molecule has 7 heteroatoms. The topological polar surface area (TPSA) is 53.1 Å². The molecule has 1 aromatic carbocycles. The minimum atomic E-state index is -0.349. The molecule has 2 bridgehead atoms. The molecule has 2 aromatic rings. The van der Waals surface area contributed by atoms with Gasteiger partial charge in [0.05, 0.1) is 6.54 Å². The van der Waals surface area contributed by atoms with Crippen molar-refractivity contribution in [2.75, 3.05) is 44.2 Å². The van der Waals surface area contributed by atoms with Crippen molar-refractivity contribution in [1.29, 1.82) is 0 Å². The molecule has 0 N–H and O–H groups in total. The van der Waals surface area contributed by atoms with Gasteiger partial charge in [0.1, 0.15) is 10.6 Å². The Morgan fingerprint density at radius 2 is 1.81 bits per heavy atom. The van der Waals surface area contributed by atoms with Crippen LogP contribution in [-0.2, 0) is 4.74 Å². The van der Waals surface area contributed by atoms with E-state index in [-0.39, 0.29) is 17.6 Å². The van der Waals surface area contributed by atoms with Gasteiger partial charge in [0.2, 0.25) is 0 Å². The summed E-state index contributed by atoms with van der Waals surface area (Å²) >= 11 is 1.60. The first-order chi connectivity index (χ1) is 15.6. The van der Waals surface area contributed by atoms with Gasteiger partial charge in [-0.25, -0.2) is 4.79 Å². The van der Waals surface area contributed by atoms with Crippen LogP contribution in [-0.4, -0.2) is 66.7 Å². The van der Waals surface area contributed by atoms with Gasteiger partial charge in [0, 0.05) is 36.0 Å². The standard InChI is InChI=1S/C25H29N3O3S/c29-23(27-11-2-1-3-12-27)19-6-4-5-18(15-19)21-7-8-22(32-21)28-17-25(31-24(28)30)16-26-13-9-20(25)10-14-26/h4-8,15,20H,1-3,9-14,16-17H2/t25-/m0/s1. The Morgan fingerprint density at radius 3 is 2.56 bits per heavy atom. The fourth-order valence-electron chi connectivity index (χ4n) is 5.89.